The average Bonchev–Trinajstić information content (AvgIpc) is 3.32. The predicted molar refractivity (Wildman–Crippen MR) is 150 cm³/mol. The molecule has 7 nitrogen and oxygen atoms in total. The molecule has 1 atom stereocenters. The smallest absolute Gasteiger partial charge is 0.244 e. The minimum Gasteiger partial charge on any atom is -0.352 e. The van der Waals surface area contributed by atoms with Crippen molar-refractivity contribution in [2.45, 2.75) is 57.7 Å². The van der Waals surface area contributed by atoms with Crippen molar-refractivity contribution in [1.82, 2.24) is 10.2 Å². The van der Waals surface area contributed by atoms with Crippen molar-refractivity contribution in [2.24, 2.45) is 0 Å². The highest BCUT2D eigenvalue weighted by Gasteiger charge is 2.33. The third-order valence-corrected chi connectivity index (χ3v) is 8.69. The topological polar surface area (TPSA) is 86.8 Å². The maximum absolute atomic E-state index is 13.8. The van der Waals surface area contributed by atoms with Crippen LogP contribution in [0.2, 0.25) is 20.1 Å². The van der Waals surface area contributed by atoms with E-state index in [2.05, 4.69) is 5.32 Å². The molecule has 2 aromatic carbocycles. The molecule has 1 N–H and O–H groups in total. The van der Waals surface area contributed by atoms with Crippen LogP contribution >= 0.6 is 46.4 Å². The molecule has 0 aromatic heterocycles. The van der Waals surface area contributed by atoms with Gasteiger partial charge in [0.2, 0.25) is 21.8 Å². The molecule has 37 heavy (non-hydrogen) atoms. The van der Waals surface area contributed by atoms with Gasteiger partial charge in [-0.25, -0.2) is 8.42 Å². The summed E-state index contributed by atoms with van der Waals surface area (Å²) in [6.07, 6.45) is 5.17. The van der Waals surface area contributed by atoms with E-state index in [1.165, 1.54) is 23.1 Å². The van der Waals surface area contributed by atoms with Gasteiger partial charge in [0.1, 0.15) is 12.6 Å². The van der Waals surface area contributed by atoms with Gasteiger partial charge in [0.05, 0.1) is 27.0 Å². The SMILES string of the molecule is CCC(C(=O)NC1CCCC1)N(Cc1ccc(Cl)c(Cl)c1)C(=O)CN(c1ccc(Cl)cc1Cl)S(C)(=O)=O. The maximum Gasteiger partial charge on any atom is 0.244 e. The molecule has 0 aliphatic heterocycles. The number of nitrogens with zero attached hydrogens (tertiary/aromatic N) is 2. The lowest BCUT2D eigenvalue weighted by molar-refractivity contribution is -0.140. The van der Waals surface area contributed by atoms with Crippen LogP contribution in [-0.2, 0) is 26.2 Å². The van der Waals surface area contributed by atoms with Crippen molar-refractivity contribution < 1.29 is 18.0 Å². The molecule has 1 aliphatic rings. The number of hydrogen-bond acceptors (Lipinski definition) is 4. The van der Waals surface area contributed by atoms with Crippen molar-refractivity contribution in [3.63, 3.8) is 0 Å². The summed E-state index contributed by atoms with van der Waals surface area (Å²) in [5, 5.41) is 4.12. The van der Waals surface area contributed by atoms with Gasteiger partial charge < -0.3 is 10.2 Å². The second-order valence-electron chi connectivity index (χ2n) is 9.05. The van der Waals surface area contributed by atoms with Crippen LogP contribution in [0.3, 0.4) is 0 Å². The van der Waals surface area contributed by atoms with Crippen molar-refractivity contribution >= 4 is 73.9 Å². The number of sulfonamides is 1. The molecule has 12 heteroatoms. The van der Waals surface area contributed by atoms with Gasteiger partial charge in [0.15, 0.2) is 0 Å². The summed E-state index contributed by atoms with van der Waals surface area (Å²) in [5.74, 6) is -0.853. The summed E-state index contributed by atoms with van der Waals surface area (Å²) in [7, 11) is -3.92. The zero-order valence-electron chi connectivity index (χ0n) is 20.5. The van der Waals surface area contributed by atoms with Gasteiger partial charge in [0, 0.05) is 17.6 Å². The van der Waals surface area contributed by atoms with Crippen LogP contribution in [0.15, 0.2) is 36.4 Å². The number of carbonyl (C=O) groups excluding carboxylic acids is 2. The minimum atomic E-state index is -3.92. The van der Waals surface area contributed by atoms with Gasteiger partial charge in [-0.05, 0) is 55.2 Å². The quantitative estimate of drug-likeness (QED) is 0.362. The third kappa shape index (κ3) is 7.90. The molecule has 1 saturated carbocycles. The van der Waals surface area contributed by atoms with Crippen LogP contribution in [0.1, 0.15) is 44.6 Å². The van der Waals surface area contributed by atoms with Crippen molar-refractivity contribution in [3.05, 3.63) is 62.1 Å². The number of benzene rings is 2. The Hall–Kier alpha value is -1.71. The summed E-state index contributed by atoms with van der Waals surface area (Å²) < 4.78 is 26.4. The van der Waals surface area contributed by atoms with E-state index in [0.717, 1.165) is 36.2 Å². The second kappa shape index (κ2) is 12.9. The van der Waals surface area contributed by atoms with E-state index in [-0.39, 0.29) is 29.2 Å². The van der Waals surface area contributed by atoms with Gasteiger partial charge >= 0.3 is 0 Å². The zero-order valence-corrected chi connectivity index (χ0v) is 24.4. The monoisotopic (exact) mass is 607 g/mol. The van der Waals surface area contributed by atoms with E-state index in [0.29, 0.717) is 27.1 Å². The average molecular weight is 609 g/mol. The highest BCUT2D eigenvalue weighted by Crippen LogP contribution is 2.31. The van der Waals surface area contributed by atoms with Crippen LogP contribution in [0.5, 0.6) is 0 Å². The Morgan fingerprint density at radius 2 is 1.68 bits per heavy atom. The molecule has 0 radical (unpaired) electrons. The fraction of sp³-hybridized carbons (Fsp3) is 0.440. The molecule has 1 aliphatic carbocycles. The lowest BCUT2D eigenvalue weighted by Gasteiger charge is -2.33. The standard InChI is InChI=1S/C25H29Cl4N3O4S/c1-3-22(25(34)30-18-6-4-5-7-18)31(14-16-8-10-19(27)20(28)12-16)24(33)15-32(37(2,35)36)23-11-9-17(26)13-21(23)29/h8-13,18,22H,3-7,14-15H2,1-2H3,(H,30,34). The first-order valence-corrected chi connectivity index (χ1v) is 15.2. The third-order valence-electron chi connectivity index (χ3n) is 6.28. The Labute approximate surface area is 238 Å². The maximum atomic E-state index is 13.8. The van der Waals surface area contributed by atoms with Crippen LogP contribution in [0, 0.1) is 0 Å². The molecule has 2 aromatic rings. The fourth-order valence-corrected chi connectivity index (χ4v) is 6.14. The first-order valence-electron chi connectivity index (χ1n) is 11.9. The normalized spacial score (nSPS) is 14.9. The molecule has 0 bridgehead atoms. The summed E-state index contributed by atoms with van der Waals surface area (Å²) in [4.78, 5) is 28.5. The summed E-state index contributed by atoms with van der Waals surface area (Å²) in [6.45, 7) is 1.27. The summed E-state index contributed by atoms with van der Waals surface area (Å²) >= 11 is 24.5. The Kier molecular flexibility index (Phi) is 10.4. The van der Waals surface area contributed by atoms with E-state index in [9.17, 15) is 18.0 Å². The van der Waals surface area contributed by atoms with Crippen LogP contribution in [0.25, 0.3) is 0 Å². The molecular formula is C25H29Cl4N3O4S. The molecule has 1 fully saturated rings. The number of anilines is 1. The van der Waals surface area contributed by atoms with E-state index in [1.54, 1.807) is 25.1 Å². The van der Waals surface area contributed by atoms with Crippen LogP contribution in [0.4, 0.5) is 5.69 Å². The van der Waals surface area contributed by atoms with Gasteiger partial charge in [-0.2, -0.15) is 0 Å². The molecule has 1 unspecified atom stereocenters. The number of amides is 2. The Bertz CT molecular complexity index is 1250. The van der Waals surface area contributed by atoms with Gasteiger partial charge in [-0.15, -0.1) is 0 Å². The molecule has 0 spiro atoms. The number of carbonyl (C=O) groups is 2. The highest BCUT2D eigenvalue weighted by atomic mass is 35.5. The number of hydrogen-bond donors (Lipinski definition) is 1. The van der Waals surface area contributed by atoms with E-state index in [1.807, 2.05) is 0 Å². The molecular weight excluding hydrogens is 580 g/mol. The predicted octanol–water partition coefficient (Wildman–Crippen LogP) is 5.93. The molecule has 3 rings (SSSR count). The van der Waals surface area contributed by atoms with E-state index >= 15 is 0 Å². The van der Waals surface area contributed by atoms with Crippen LogP contribution < -0.4 is 9.62 Å². The number of nitrogens with one attached hydrogen (secondary N) is 1. The first-order chi connectivity index (χ1) is 17.4. The van der Waals surface area contributed by atoms with Crippen molar-refractivity contribution in [3.8, 4) is 0 Å². The first kappa shape index (κ1) is 29.8. The number of halogens is 4. The Morgan fingerprint density at radius 3 is 2.24 bits per heavy atom. The minimum absolute atomic E-state index is 0.0261. The summed E-state index contributed by atoms with van der Waals surface area (Å²) in [6, 6.07) is 8.50. The molecule has 2 amide bonds. The van der Waals surface area contributed by atoms with Gasteiger partial charge in [-0.3, -0.25) is 13.9 Å². The second-order valence-corrected chi connectivity index (χ2v) is 12.6. The van der Waals surface area contributed by atoms with Gasteiger partial charge in [0.25, 0.3) is 0 Å². The van der Waals surface area contributed by atoms with E-state index < -0.39 is 28.5 Å². The largest absolute Gasteiger partial charge is 0.352 e. The van der Waals surface area contributed by atoms with Crippen molar-refractivity contribution in [2.75, 3.05) is 17.1 Å². The van der Waals surface area contributed by atoms with E-state index in [4.69, 9.17) is 46.4 Å². The Balaban J connectivity index is 1.96. The highest BCUT2D eigenvalue weighted by molar-refractivity contribution is 7.92. The molecule has 0 saturated heterocycles. The van der Waals surface area contributed by atoms with Gasteiger partial charge in [-0.1, -0.05) is 72.2 Å². The summed E-state index contributed by atoms with van der Waals surface area (Å²) in [5.41, 5.74) is 0.755. The number of rotatable bonds is 10. The Morgan fingerprint density at radius 1 is 1.00 bits per heavy atom. The fourth-order valence-electron chi connectivity index (χ4n) is 4.40. The zero-order chi connectivity index (χ0) is 27.3. The molecule has 0 heterocycles. The molecule has 202 valence electrons. The lowest BCUT2D eigenvalue weighted by atomic mass is 10.1. The van der Waals surface area contributed by atoms with Crippen molar-refractivity contribution in [1.29, 1.82) is 0 Å². The lowest BCUT2D eigenvalue weighted by Crippen LogP contribution is -2.53. The van der Waals surface area contributed by atoms with Crippen LogP contribution in [-0.4, -0.2) is 50.0 Å².